The molecule has 0 saturated carbocycles. The summed E-state index contributed by atoms with van der Waals surface area (Å²) in [6.07, 6.45) is 1.22. The maximum absolute atomic E-state index is 12.0. The molecule has 0 saturated heterocycles. The number of aliphatic imine (C=N–C) groups is 1. The Morgan fingerprint density at radius 1 is 1.26 bits per heavy atom. The largest absolute Gasteiger partial charge is 0.381 e. The molecule has 0 bridgehead atoms. The van der Waals surface area contributed by atoms with Crippen LogP contribution in [0.1, 0.15) is 32.3 Å². The van der Waals surface area contributed by atoms with E-state index in [1.807, 2.05) is 25.1 Å². The standard InChI is InChI=1S/C19H31ClN4O2.HI/c1-14(2)13-26-11-5-9-22-19(21-4)23-10-8-18(25)24-17-7-6-15(3)12-16(17)20;/h6-7,12,14H,5,8-11,13H2,1-4H3,(H,24,25)(H2,21,22,23);1H. The number of benzene rings is 1. The van der Waals surface area contributed by atoms with Crippen molar-refractivity contribution in [3.8, 4) is 0 Å². The molecule has 0 atom stereocenters. The van der Waals surface area contributed by atoms with Crippen LogP contribution in [0.3, 0.4) is 0 Å². The quantitative estimate of drug-likeness (QED) is 0.194. The molecule has 27 heavy (non-hydrogen) atoms. The minimum Gasteiger partial charge on any atom is -0.381 e. The molecule has 3 N–H and O–H groups in total. The van der Waals surface area contributed by atoms with Crippen molar-refractivity contribution in [2.75, 3.05) is 38.7 Å². The zero-order valence-corrected chi connectivity index (χ0v) is 19.7. The number of hydrogen-bond donors (Lipinski definition) is 3. The summed E-state index contributed by atoms with van der Waals surface area (Å²) in [6, 6.07) is 5.55. The van der Waals surface area contributed by atoms with Crippen molar-refractivity contribution in [3.05, 3.63) is 28.8 Å². The molecule has 0 aromatic heterocycles. The van der Waals surface area contributed by atoms with Crippen LogP contribution < -0.4 is 16.0 Å². The third-order valence-electron chi connectivity index (χ3n) is 3.48. The van der Waals surface area contributed by atoms with E-state index in [-0.39, 0.29) is 29.9 Å². The molecule has 0 aliphatic heterocycles. The summed E-state index contributed by atoms with van der Waals surface area (Å²) in [5.74, 6) is 1.13. The van der Waals surface area contributed by atoms with Gasteiger partial charge in [-0.15, -0.1) is 24.0 Å². The van der Waals surface area contributed by atoms with Crippen LogP contribution in [-0.4, -0.2) is 45.2 Å². The van der Waals surface area contributed by atoms with Crippen molar-refractivity contribution in [2.45, 2.75) is 33.6 Å². The summed E-state index contributed by atoms with van der Waals surface area (Å²) >= 11 is 6.12. The van der Waals surface area contributed by atoms with Crippen LogP contribution in [0.25, 0.3) is 0 Å². The van der Waals surface area contributed by atoms with Gasteiger partial charge in [-0.1, -0.05) is 31.5 Å². The highest BCUT2D eigenvalue weighted by molar-refractivity contribution is 14.0. The van der Waals surface area contributed by atoms with Gasteiger partial charge in [0.2, 0.25) is 5.91 Å². The number of carbonyl (C=O) groups excluding carboxylic acids is 1. The molecule has 6 nitrogen and oxygen atoms in total. The van der Waals surface area contributed by atoms with Crippen molar-refractivity contribution >= 4 is 53.1 Å². The van der Waals surface area contributed by atoms with Crippen LogP contribution in [0.5, 0.6) is 0 Å². The Bertz CT molecular complexity index is 597. The fourth-order valence-electron chi connectivity index (χ4n) is 2.15. The van der Waals surface area contributed by atoms with Crippen LogP contribution in [0, 0.1) is 12.8 Å². The predicted octanol–water partition coefficient (Wildman–Crippen LogP) is 3.82. The van der Waals surface area contributed by atoms with Crippen LogP contribution in [0.2, 0.25) is 5.02 Å². The summed E-state index contributed by atoms with van der Waals surface area (Å²) in [4.78, 5) is 16.2. The number of rotatable bonds is 10. The molecule has 0 aliphatic rings. The topological polar surface area (TPSA) is 74.8 Å². The monoisotopic (exact) mass is 510 g/mol. The van der Waals surface area contributed by atoms with Gasteiger partial charge in [0.1, 0.15) is 0 Å². The number of amides is 1. The van der Waals surface area contributed by atoms with Gasteiger partial charge in [-0.25, -0.2) is 0 Å². The molecule has 0 radical (unpaired) electrons. The lowest BCUT2D eigenvalue weighted by Crippen LogP contribution is -2.39. The van der Waals surface area contributed by atoms with Crippen molar-refractivity contribution < 1.29 is 9.53 Å². The second kappa shape index (κ2) is 14.9. The molecule has 1 aromatic rings. The van der Waals surface area contributed by atoms with Gasteiger partial charge in [-0.2, -0.15) is 0 Å². The van der Waals surface area contributed by atoms with Gasteiger partial charge in [0, 0.05) is 39.8 Å². The molecular weight excluding hydrogens is 479 g/mol. The lowest BCUT2D eigenvalue weighted by atomic mass is 10.2. The third-order valence-corrected chi connectivity index (χ3v) is 3.79. The van der Waals surface area contributed by atoms with E-state index in [9.17, 15) is 4.79 Å². The summed E-state index contributed by atoms with van der Waals surface area (Å²) in [5, 5.41) is 9.69. The fourth-order valence-corrected chi connectivity index (χ4v) is 2.43. The van der Waals surface area contributed by atoms with Gasteiger partial charge < -0.3 is 20.7 Å². The van der Waals surface area contributed by atoms with Crippen molar-refractivity contribution in [2.24, 2.45) is 10.9 Å². The first-order valence-electron chi connectivity index (χ1n) is 9.00. The van der Waals surface area contributed by atoms with Crippen molar-refractivity contribution in [3.63, 3.8) is 0 Å². The molecule has 0 heterocycles. The van der Waals surface area contributed by atoms with Crippen LogP contribution in [0.4, 0.5) is 5.69 Å². The molecule has 8 heteroatoms. The number of anilines is 1. The summed E-state index contributed by atoms with van der Waals surface area (Å²) in [6.45, 7) is 8.98. The maximum Gasteiger partial charge on any atom is 0.226 e. The normalized spacial score (nSPS) is 11.1. The van der Waals surface area contributed by atoms with Crippen LogP contribution in [-0.2, 0) is 9.53 Å². The highest BCUT2D eigenvalue weighted by Gasteiger charge is 2.06. The lowest BCUT2D eigenvalue weighted by Gasteiger charge is -2.13. The minimum absolute atomic E-state index is 0. The second-order valence-corrected chi connectivity index (χ2v) is 6.94. The number of ether oxygens (including phenoxy) is 1. The highest BCUT2D eigenvalue weighted by Crippen LogP contribution is 2.22. The minimum atomic E-state index is -0.0965. The van der Waals surface area contributed by atoms with Gasteiger partial charge in [0.15, 0.2) is 5.96 Å². The Hall–Kier alpha value is -1.06. The zero-order chi connectivity index (χ0) is 19.4. The zero-order valence-electron chi connectivity index (χ0n) is 16.6. The Morgan fingerprint density at radius 3 is 2.59 bits per heavy atom. The number of carbonyl (C=O) groups is 1. The van der Waals surface area contributed by atoms with E-state index < -0.39 is 0 Å². The first-order chi connectivity index (χ1) is 12.4. The molecule has 1 rings (SSSR count). The van der Waals surface area contributed by atoms with E-state index in [1.54, 1.807) is 7.05 Å². The molecule has 1 amide bonds. The Labute approximate surface area is 184 Å². The van der Waals surface area contributed by atoms with Gasteiger partial charge in [0.25, 0.3) is 0 Å². The first kappa shape index (κ1) is 25.9. The van der Waals surface area contributed by atoms with Crippen molar-refractivity contribution in [1.29, 1.82) is 0 Å². The SMILES string of the molecule is CN=C(NCCCOCC(C)C)NCCC(=O)Nc1ccc(C)cc1Cl.I. The van der Waals surface area contributed by atoms with Crippen LogP contribution >= 0.6 is 35.6 Å². The Kier molecular flexibility index (Phi) is 14.3. The number of aryl methyl sites for hydroxylation is 1. The van der Waals surface area contributed by atoms with Gasteiger partial charge >= 0.3 is 0 Å². The summed E-state index contributed by atoms with van der Waals surface area (Å²) in [7, 11) is 1.71. The second-order valence-electron chi connectivity index (χ2n) is 6.53. The number of guanidine groups is 1. The maximum atomic E-state index is 12.0. The third kappa shape index (κ3) is 12.1. The smallest absolute Gasteiger partial charge is 0.226 e. The van der Waals surface area contributed by atoms with Crippen molar-refractivity contribution in [1.82, 2.24) is 10.6 Å². The average molecular weight is 511 g/mol. The van der Waals surface area contributed by atoms with E-state index in [0.29, 0.717) is 35.6 Å². The molecule has 0 spiro atoms. The average Bonchev–Trinajstić information content (AvgIpc) is 2.58. The Morgan fingerprint density at radius 2 is 1.96 bits per heavy atom. The van der Waals surface area contributed by atoms with E-state index >= 15 is 0 Å². The molecule has 1 aromatic carbocycles. The highest BCUT2D eigenvalue weighted by atomic mass is 127. The van der Waals surface area contributed by atoms with Crippen LogP contribution in [0.15, 0.2) is 23.2 Å². The summed E-state index contributed by atoms with van der Waals surface area (Å²) < 4.78 is 5.53. The van der Waals surface area contributed by atoms with E-state index in [0.717, 1.165) is 31.7 Å². The first-order valence-corrected chi connectivity index (χ1v) is 9.38. The van der Waals surface area contributed by atoms with E-state index in [4.69, 9.17) is 16.3 Å². The number of nitrogens with zero attached hydrogens (tertiary/aromatic N) is 1. The van der Waals surface area contributed by atoms with Gasteiger partial charge in [-0.3, -0.25) is 9.79 Å². The number of nitrogens with one attached hydrogen (secondary N) is 3. The molecule has 0 unspecified atom stereocenters. The van der Waals surface area contributed by atoms with E-state index in [2.05, 4.69) is 34.8 Å². The molecule has 0 fully saturated rings. The number of halogens is 2. The van der Waals surface area contributed by atoms with E-state index in [1.165, 1.54) is 0 Å². The predicted molar refractivity (Wildman–Crippen MR) is 124 cm³/mol. The fraction of sp³-hybridized carbons (Fsp3) is 0.579. The van der Waals surface area contributed by atoms with Gasteiger partial charge in [0.05, 0.1) is 10.7 Å². The van der Waals surface area contributed by atoms with Gasteiger partial charge in [-0.05, 0) is 37.0 Å². The Balaban J connectivity index is 0.00000676. The number of hydrogen-bond acceptors (Lipinski definition) is 3. The molecular formula is C19H32ClIN4O2. The lowest BCUT2D eigenvalue weighted by molar-refractivity contribution is -0.116. The molecule has 154 valence electrons. The summed E-state index contributed by atoms with van der Waals surface area (Å²) in [5.41, 5.74) is 1.69. The molecule has 0 aliphatic carbocycles.